The highest BCUT2D eigenvalue weighted by Gasteiger charge is 2.22. The second kappa shape index (κ2) is 8.76. The number of hydrogen-bond donors (Lipinski definition) is 1. The lowest BCUT2D eigenvalue weighted by molar-refractivity contribution is -0.131. The van der Waals surface area contributed by atoms with Crippen molar-refractivity contribution in [2.45, 2.75) is 13.3 Å². The van der Waals surface area contributed by atoms with Gasteiger partial charge in [-0.3, -0.25) is 9.59 Å². The smallest absolute Gasteiger partial charge is 0.257 e. The summed E-state index contributed by atoms with van der Waals surface area (Å²) in [6.07, 6.45) is 0.528. The zero-order valence-corrected chi connectivity index (χ0v) is 17.4. The average molecular weight is 451 g/mol. The van der Waals surface area contributed by atoms with Crippen molar-refractivity contribution in [1.82, 2.24) is 4.90 Å². The summed E-state index contributed by atoms with van der Waals surface area (Å²) in [6.45, 7) is 4.72. The molecule has 0 bridgehead atoms. The van der Waals surface area contributed by atoms with Crippen LogP contribution in [0.25, 0.3) is 0 Å². The molecule has 2 aromatic rings. The van der Waals surface area contributed by atoms with Gasteiger partial charge >= 0.3 is 0 Å². The van der Waals surface area contributed by atoms with Crippen molar-refractivity contribution in [1.29, 1.82) is 0 Å². The molecule has 1 saturated heterocycles. The number of nitrogens with one attached hydrogen (secondary N) is 1. The summed E-state index contributed by atoms with van der Waals surface area (Å²) >= 11 is 9.55. The largest absolute Gasteiger partial charge is 0.366 e. The van der Waals surface area contributed by atoms with Crippen LogP contribution in [0.2, 0.25) is 5.02 Å². The van der Waals surface area contributed by atoms with Crippen LogP contribution in [0.4, 0.5) is 11.4 Å². The molecule has 0 atom stereocenters. The Balaban J connectivity index is 1.76. The Hall–Kier alpha value is -2.05. The summed E-state index contributed by atoms with van der Waals surface area (Å²) in [6, 6.07) is 12.9. The van der Waals surface area contributed by atoms with Crippen molar-refractivity contribution >= 4 is 50.7 Å². The van der Waals surface area contributed by atoms with Gasteiger partial charge in [-0.25, -0.2) is 0 Å². The van der Waals surface area contributed by atoms with E-state index < -0.39 is 0 Å². The maximum atomic E-state index is 12.7. The minimum absolute atomic E-state index is 0.181. The summed E-state index contributed by atoms with van der Waals surface area (Å²) in [5, 5.41) is 3.37. The van der Waals surface area contributed by atoms with E-state index in [1.54, 1.807) is 18.2 Å². The van der Waals surface area contributed by atoms with Gasteiger partial charge in [0.05, 0.1) is 22.0 Å². The zero-order valence-electron chi connectivity index (χ0n) is 15.0. The molecule has 1 heterocycles. The van der Waals surface area contributed by atoms with Crippen LogP contribution < -0.4 is 10.2 Å². The van der Waals surface area contributed by atoms with E-state index >= 15 is 0 Å². The molecule has 0 spiro atoms. The van der Waals surface area contributed by atoms with E-state index in [1.165, 1.54) is 0 Å². The Kier molecular flexibility index (Phi) is 6.39. The number of para-hydroxylation sites is 2. The minimum atomic E-state index is -0.256. The molecule has 1 fully saturated rings. The third-order valence-corrected chi connectivity index (χ3v) is 5.42. The molecule has 2 amide bonds. The van der Waals surface area contributed by atoms with Crippen molar-refractivity contribution in [3.63, 3.8) is 0 Å². The van der Waals surface area contributed by atoms with E-state index in [1.807, 2.05) is 36.1 Å². The highest BCUT2D eigenvalue weighted by Crippen LogP contribution is 2.28. The summed E-state index contributed by atoms with van der Waals surface area (Å²) < 4.78 is 0.794. The Morgan fingerprint density at radius 2 is 1.81 bits per heavy atom. The van der Waals surface area contributed by atoms with Crippen LogP contribution in [0.15, 0.2) is 46.9 Å². The van der Waals surface area contributed by atoms with Crippen molar-refractivity contribution in [3.8, 4) is 0 Å². The molecule has 0 aliphatic carbocycles. The van der Waals surface area contributed by atoms with Gasteiger partial charge < -0.3 is 15.1 Å². The fraction of sp³-hybridized carbons (Fsp3) is 0.300. The topological polar surface area (TPSA) is 52.7 Å². The molecular formula is C20H21BrClN3O2. The lowest BCUT2D eigenvalue weighted by Gasteiger charge is -2.36. The Labute approximate surface area is 172 Å². The Bertz CT molecular complexity index is 851. The molecule has 7 heteroatoms. The van der Waals surface area contributed by atoms with Gasteiger partial charge in [-0.15, -0.1) is 0 Å². The number of piperazine rings is 1. The summed E-state index contributed by atoms with van der Waals surface area (Å²) in [5.74, 6) is -0.0749. The van der Waals surface area contributed by atoms with Crippen LogP contribution in [0.1, 0.15) is 23.7 Å². The van der Waals surface area contributed by atoms with E-state index in [0.29, 0.717) is 30.1 Å². The molecular weight excluding hydrogens is 430 g/mol. The third kappa shape index (κ3) is 4.62. The molecule has 1 N–H and O–H groups in total. The average Bonchev–Trinajstić information content (AvgIpc) is 2.69. The van der Waals surface area contributed by atoms with Gasteiger partial charge in [-0.05, 0) is 30.3 Å². The molecule has 142 valence electrons. The van der Waals surface area contributed by atoms with Gasteiger partial charge in [0.1, 0.15) is 0 Å². The van der Waals surface area contributed by atoms with Crippen LogP contribution in [0, 0.1) is 0 Å². The van der Waals surface area contributed by atoms with E-state index in [2.05, 4.69) is 26.1 Å². The normalized spacial score (nSPS) is 14.2. The van der Waals surface area contributed by atoms with Crippen LogP contribution in [0.3, 0.4) is 0 Å². The number of carbonyl (C=O) groups excluding carboxylic acids is 2. The summed E-state index contributed by atoms with van der Waals surface area (Å²) in [7, 11) is 0. The van der Waals surface area contributed by atoms with Crippen LogP contribution in [-0.4, -0.2) is 42.9 Å². The SMILES string of the molecule is CCC(=O)N1CCN(c2ccccc2NC(=O)c2cc(Br)ccc2Cl)CC1. The first kappa shape index (κ1) is 19.7. The first-order chi connectivity index (χ1) is 13.0. The Morgan fingerprint density at radius 3 is 2.52 bits per heavy atom. The predicted molar refractivity (Wildman–Crippen MR) is 113 cm³/mol. The van der Waals surface area contributed by atoms with Gasteiger partial charge in [-0.2, -0.15) is 0 Å². The number of benzene rings is 2. The molecule has 0 unspecified atom stereocenters. The van der Waals surface area contributed by atoms with Crippen LogP contribution in [0.5, 0.6) is 0 Å². The number of carbonyl (C=O) groups is 2. The van der Waals surface area contributed by atoms with Crippen molar-refractivity contribution in [2.75, 3.05) is 36.4 Å². The standard InChI is InChI=1S/C20H21BrClN3O2/c1-2-19(26)25-11-9-24(10-12-25)18-6-4-3-5-17(18)23-20(27)15-13-14(21)7-8-16(15)22/h3-8,13H,2,9-12H2,1H3,(H,23,27). The molecule has 1 aliphatic rings. The molecule has 0 aromatic heterocycles. The number of halogens is 2. The quantitative estimate of drug-likeness (QED) is 0.750. The molecule has 0 saturated carbocycles. The summed E-state index contributed by atoms with van der Waals surface area (Å²) in [5.41, 5.74) is 2.09. The van der Waals surface area contributed by atoms with Crippen LogP contribution >= 0.6 is 27.5 Å². The first-order valence-corrected chi connectivity index (χ1v) is 10.0. The molecule has 3 rings (SSSR count). The number of amides is 2. The van der Waals surface area contributed by atoms with E-state index in [-0.39, 0.29) is 11.8 Å². The van der Waals surface area contributed by atoms with Gasteiger partial charge in [-0.1, -0.05) is 46.6 Å². The monoisotopic (exact) mass is 449 g/mol. The van der Waals surface area contributed by atoms with Gasteiger partial charge in [0, 0.05) is 37.1 Å². The minimum Gasteiger partial charge on any atom is -0.366 e. The second-order valence-corrected chi connectivity index (χ2v) is 7.64. The van der Waals surface area contributed by atoms with Crippen LogP contribution in [-0.2, 0) is 4.79 Å². The number of rotatable bonds is 4. The molecule has 5 nitrogen and oxygen atoms in total. The van der Waals surface area contributed by atoms with Crippen molar-refractivity contribution < 1.29 is 9.59 Å². The predicted octanol–water partition coefficient (Wildman–Crippen LogP) is 4.41. The fourth-order valence-corrected chi connectivity index (χ4v) is 3.70. The maximum Gasteiger partial charge on any atom is 0.257 e. The highest BCUT2D eigenvalue weighted by molar-refractivity contribution is 9.10. The highest BCUT2D eigenvalue weighted by atomic mass is 79.9. The second-order valence-electron chi connectivity index (χ2n) is 6.32. The molecule has 0 radical (unpaired) electrons. The van der Waals surface area contributed by atoms with Gasteiger partial charge in [0.25, 0.3) is 5.91 Å². The van der Waals surface area contributed by atoms with Gasteiger partial charge in [0.2, 0.25) is 5.91 Å². The lowest BCUT2D eigenvalue weighted by atomic mass is 10.1. The number of hydrogen-bond acceptors (Lipinski definition) is 3. The van der Waals surface area contributed by atoms with E-state index in [0.717, 1.165) is 28.9 Å². The number of anilines is 2. The molecule has 2 aromatic carbocycles. The van der Waals surface area contributed by atoms with E-state index in [9.17, 15) is 9.59 Å². The number of nitrogens with zero attached hydrogens (tertiary/aromatic N) is 2. The fourth-order valence-electron chi connectivity index (χ4n) is 3.14. The maximum absolute atomic E-state index is 12.7. The lowest BCUT2D eigenvalue weighted by Crippen LogP contribution is -2.48. The Morgan fingerprint density at radius 1 is 1.11 bits per heavy atom. The summed E-state index contributed by atoms with van der Waals surface area (Å²) in [4.78, 5) is 28.7. The molecule has 27 heavy (non-hydrogen) atoms. The third-order valence-electron chi connectivity index (χ3n) is 4.60. The molecule has 1 aliphatic heterocycles. The van der Waals surface area contributed by atoms with Gasteiger partial charge in [0.15, 0.2) is 0 Å². The zero-order chi connectivity index (χ0) is 19.4. The van der Waals surface area contributed by atoms with Crippen molar-refractivity contribution in [3.05, 3.63) is 57.5 Å². The van der Waals surface area contributed by atoms with Crippen molar-refractivity contribution in [2.24, 2.45) is 0 Å². The van der Waals surface area contributed by atoms with E-state index in [4.69, 9.17) is 11.6 Å². The first-order valence-electron chi connectivity index (χ1n) is 8.87.